The van der Waals surface area contributed by atoms with Gasteiger partial charge in [0.25, 0.3) is 23.6 Å². The number of nitrogens with two attached hydrogens (primary N) is 1. The highest BCUT2D eigenvalue weighted by atomic mass is 33.1. The second kappa shape index (κ2) is 39.3. The molecule has 3 aromatic carbocycles. The smallest absolute Gasteiger partial charge is 0.411 e. The molecule has 0 radical (unpaired) electrons. The van der Waals surface area contributed by atoms with E-state index in [0.29, 0.717) is 62.6 Å². The Balaban J connectivity index is 0.956. The van der Waals surface area contributed by atoms with Crippen molar-refractivity contribution in [2.45, 2.75) is 153 Å². The van der Waals surface area contributed by atoms with Crippen LogP contribution in [0.4, 0.5) is 31.4 Å². The molecule has 0 bridgehead atoms. The summed E-state index contributed by atoms with van der Waals surface area (Å²) in [7, 11) is 6.33. The minimum Gasteiger partial charge on any atom is -0.493 e. The van der Waals surface area contributed by atoms with Gasteiger partial charge in [0, 0.05) is 68.3 Å². The van der Waals surface area contributed by atoms with Gasteiger partial charge in [0.05, 0.1) is 80.0 Å². The number of nitrogens with one attached hydrogen (secondary N) is 6. The van der Waals surface area contributed by atoms with Gasteiger partial charge < -0.3 is 75.4 Å². The monoisotopic (exact) mass is 1440 g/mol. The summed E-state index contributed by atoms with van der Waals surface area (Å²) < 4.78 is 35.2. The molecule has 4 aliphatic rings. The van der Waals surface area contributed by atoms with Crippen molar-refractivity contribution in [3.8, 4) is 23.0 Å². The van der Waals surface area contributed by atoms with Crippen LogP contribution in [0, 0.1) is 5.92 Å². The number of ether oxygens (including phenoxy) is 6. The first-order valence-corrected chi connectivity index (χ1v) is 36.4. The Morgan fingerprint density at radius 3 is 1.74 bits per heavy atom. The first kappa shape index (κ1) is 79.3. The molecule has 11 amide bonds. The zero-order valence-corrected chi connectivity index (χ0v) is 59.8. The van der Waals surface area contributed by atoms with Crippen molar-refractivity contribution in [3.05, 3.63) is 102 Å². The highest BCUT2D eigenvalue weighted by Gasteiger charge is 2.39. The molecule has 3 aliphatic heterocycles. The van der Waals surface area contributed by atoms with Gasteiger partial charge in [-0.1, -0.05) is 98.1 Å². The molecule has 30 heteroatoms. The standard InChI is InChI=1S/C71H96N10O18S2/c1-8-100-101-71(26-12-13-27-71)43-99-70(93)77-55-37-59(57(95-7)35-52(55)67(90)81-39-46(5)33-50(81)41-83)97-31-16-10-15-30-96-58-36-54(51(34-56(58)94-6)66(89)80-38-45(4)32-49(80)40-82)76-69(92)98-42-47-20-22-48(23-21-47)74-64(87)53(18-17-28-73-68(72)91)75-65(88)63(44(2)3)78-60(84)19-11-9-14-29-79-61(85)24-25-62(79)86/h20-25,34-37,44,49-50,53,63,82-83H,4-5,8-19,26-33,38-43H2,1-3,6-7H3,(H,74,87)(H,75,88)(H,76,92)(H,77,93)(H,78,84)(H3,72,73,91)/t49-,50-,53-,63-/m0/s1. The second-order valence-electron chi connectivity index (χ2n) is 25.5. The third kappa shape index (κ3) is 23.3. The van der Waals surface area contributed by atoms with Crippen LogP contribution in [-0.2, 0) is 40.1 Å². The number of hydrogen-bond donors (Lipinski definition) is 9. The Labute approximate surface area is 596 Å². The van der Waals surface area contributed by atoms with Crippen molar-refractivity contribution in [3.63, 3.8) is 0 Å². The summed E-state index contributed by atoms with van der Waals surface area (Å²) in [4.78, 5) is 136. The van der Waals surface area contributed by atoms with Crippen molar-refractivity contribution in [2.24, 2.45) is 11.7 Å². The van der Waals surface area contributed by atoms with E-state index in [1.54, 1.807) is 59.7 Å². The van der Waals surface area contributed by atoms with E-state index in [2.05, 4.69) is 52.0 Å². The Bertz CT molecular complexity index is 3480. The van der Waals surface area contributed by atoms with E-state index in [-0.39, 0.29) is 153 Å². The summed E-state index contributed by atoms with van der Waals surface area (Å²) in [6, 6.07) is 8.30. The molecule has 28 nitrogen and oxygen atoms in total. The first-order valence-electron chi connectivity index (χ1n) is 34.1. The number of carbonyl (C=O) groups is 10. The molecule has 101 heavy (non-hydrogen) atoms. The lowest BCUT2D eigenvalue weighted by molar-refractivity contribution is -0.137. The minimum absolute atomic E-state index is 0.0203. The van der Waals surface area contributed by atoms with Crippen molar-refractivity contribution < 1.29 is 86.6 Å². The van der Waals surface area contributed by atoms with Crippen LogP contribution in [-0.4, -0.2) is 193 Å². The number of amides is 11. The predicted molar refractivity (Wildman–Crippen MR) is 383 cm³/mol. The lowest BCUT2D eigenvalue weighted by Crippen LogP contribution is -2.54. The number of anilines is 3. The van der Waals surface area contributed by atoms with Crippen LogP contribution in [0.3, 0.4) is 0 Å². The van der Waals surface area contributed by atoms with Gasteiger partial charge in [0.2, 0.25) is 17.7 Å². The SMILES string of the molecule is C=C1C[C@@H](CO)N(C(=O)c2cc(OC)c(OCCCCCOc3cc(NC(=O)OCC4(SSCC)CCCC4)c(C(=O)N4CC(=C)C[C@H]4CO)cc3OC)cc2NC(=O)OCc2ccc(NC(=O)[C@H](CCCNC(N)=O)NC(=O)[C@@H](NC(=O)CCCCCN3C(=O)C=CC3=O)C(C)C)cc2)C1. The number of aliphatic hydroxyl groups excluding tert-OH is 2. The maximum absolute atomic E-state index is 14.3. The van der Waals surface area contributed by atoms with Gasteiger partial charge in [-0.2, -0.15) is 0 Å². The molecule has 0 aromatic heterocycles. The Morgan fingerprint density at radius 1 is 0.683 bits per heavy atom. The fourth-order valence-electron chi connectivity index (χ4n) is 12.1. The number of hydrogen-bond acceptors (Lipinski definition) is 20. The van der Waals surface area contributed by atoms with Crippen LogP contribution in [0.5, 0.6) is 23.0 Å². The fourth-order valence-corrected chi connectivity index (χ4v) is 14.7. The van der Waals surface area contributed by atoms with Crippen molar-refractivity contribution in [1.29, 1.82) is 0 Å². The van der Waals surface area contributed by atoms with E-state index in [4.69, 9.17) is 34.2 Å². The molecule has 0 unspecified atom stereocenters. The number of aliphatic hydroxyl groups is 2. The molecule has 0 spiro atoms. The highest BCUT2D eigenvalue weighted by Crippen LogP contribution is 2.48. The number of benzene rings is 3. The van der Waals surface area contributed by atoms with Crippen LogP contribution in [0.2, 0.25) is 0 Å². The summed E-state index contributed by atoms with van der Waals surface area (Å²) in [5.41, 5.74) is 7.90. The summed E-state index contributed by atoms with van der Waals surface area (Å²) in [5.74, 6) is -1.91. The Morgan fingerprint density at radius 2 is 1.23 bits per heavy atom. The lowest BCUT2D eigenvalue weighted by atomic mass is 10.0. The van der Waals surface area contributed by atoms with Gasteiger partial charge in [-0.15, -0.1) is 0 Å². The molecule has 4 atom stereocenters. The number of nitrogens with zero attached hydrogens (tertiary/aromatic N) is 3. The van der Waals surface area contributed by atoms with Gasteiger partial charge in [-0.3, -0.25) is 49.1 Å². The average molecular weight is 1440 g/mol. The number of likely N-dealkylation sites (tertiary alicyclic amines) is 2. The summed E-state index contributed by atoms with van der Waals surface area (Å²) >= 11 is 0. The molecule has 7 rings (SSSR count). The fraction of sp³-hybridized carbons (Fsp3) is 0.521. The number of rotatable bonds is 39. The van der Waals surface area contributed by atoms with E-state index in [1.165, 1.54) is 60.4 Å². The molecule has 3 aromatic rings. The molecular weight excluding hydrogens is 1340 g/mol. The topological polar surface area (TPSA) is 374 Å². The van der Waals surface area contributed by atoms with Gasteiger partial charge >= 0.3 is 18.2 Å². The zero-order valence-electron chi connectivity index (χ0n) is 58.1. The van der Waals surface area contributed by atoms with Gasteiger partial charge in [-0.25, -0.2) is 14.4 Å². The van der Waals surface area contributed by atoms with Crippen molar-refractivity contribution in [1.82, 2.24) is 30.7 Å². The van der Waals surface area contributed by atoms with Crippen LogP contribution in [0.1, 0.15) is 143 Å². The molecule has 1 saturated carbocycles. The summed E-state index contributed by atoms with van der Waals surface area (Å²) in [6.07, 6.45) is 9.00. The highest BCUT2D eigenvalue weighted by molar-refractivity contribution is 8.77. The van der Waals surface area contributed by atoms with Crippen LogP contribution in [0.15, 0.2) is 85.0 Å². The van der Waals surface area contributed by atoms with Crippen molar-refractivity contribution in [2.75, 3.05) is 95.1 Å². The lowest BCUT2D eigenvalue weighted by Gasteiger charge is -2.27. The van der Waals surface area contributed by atoms with Gasteiger partial charge in [0.1, 0.15) is 25.3 Å². The van der Waals surface area contributed by atoms with Crippen LogP contribution < -0.4 is 56.6 Å². The molecule has 3 fully saturated rings. The summed E-state index contributed by atoms with van der Waals surface area (Å²) in [5, 5.41) is 36.6. The van der Waals surface area contributed by atoms with Gasteiger partial charge in [-0.05, 0) is 106 Å². The molecule has 3 heterocycles. The van der Waals surface area contributed by atoms with Crippen LogP contribution >= 0.6 is 21.6 Å². The van der Waals surface area contributed by atoms with E-state index in [0.717, 1.165) is 47.5 Å². The van der Waals surface area contributed by atoms with Crippen molar-refractivity contribution >= 4 is 98.2 Å². The zero-order chi connectivity index (χ0) is 73.2. The number of carbonyl (C=O) groups excluding carboxylic acids is 10. The normalized spacial score (nSPS) is 16.8. The Kier molecular flexibility index (Phi) is 30.8. The number of primary amides is 1. The van der Waals surface area contributed by atoms with E-state index in [1.807, 2.05) is 0 Å². The Hall–Kier alpha value is -9.00. The first-order chi connectivity index (χ1) is 48.5. The largest absolute Gasteiger partial charge is 0.493 e. The molecule has 1 aliphatic carbocycles. The number of methoxy groups -OCH3 is 2. The average Bonchev–Trinajstić information content (AvgIpc) is 1.74. The second-order valence-corrected chi connectivity index (χ2v) is 28.6. The van der Waals surface area contributed by atoms with E-state index in [9.17, 15) is 58.2 Å². The predicted octanol–water partition coefficient (Wildman–Crippen LogP) is 8.37. The third-order valence-electron chi connectivity index (χ3n) is 17.5. The molecule has 10 N–H and O–H groups in total. The number of imide groups is 1. The minimum atomic E-state index is -1.13. The molecule has 550 valence electrons. The van der Waals surface area contributed by atoms with E-state index >= 15 is 0 Å². The van der Waals surface area contributed by atoms with Gasteiger partial charge in [0.15, 0.2) is 23.0 Å². The number of urea groups is 1. The summed E-state index contributed by atoms with van der Waals surface area (Å²) in [6.45, 7) is 14.1. The van der Waals surface area contributed by atoms with Crippen LogP contribution in [0.25, 0.3) is 0 Å². The number of unbranched alkanes of at least 4 members (excludes halogenated alkanes) is 4. The molecule has 2 saturated heterocycles. The molecular formula is C71H96N10O18S2. The third-order valence-corrected chi connectivity index (χ3v) is 20.8. The quantitative estimate of drug-likeness (QED) is 0.0112. The maximum atomic E-state index is 14.3. The maximum Gasteiger partial charge on any atom is 0.411 e. The van der Waals surface area contributed by atoms with E-state index < -0.39 is 71.9 Å².